The zero-order valence-electron chi connectivity index (χ0n) is 10.1. The highest BCUT2D eigenvalue weighted by Crippen LogP contribution is 2.15. The summed E-state index contributed by atoms with van der Waals surface area (Å²) in [7, 11) is 2.00. The van der Waals surface area contributed by atoms with Crippen LogP contribution in [0, 0.1) is 0 Å². The second kappa shape index (κ2) is 6.46. The number of hydrogen-bond acceptors (Lipinski definition) is 2. The molecule has 0 heterocycles. The summed E-state index contributed by atoms with van der Waals surface area (Å²) >= 11 is 0. The molecular weight excluding hydrogens is 184 g/mol. The van der Waals surface area contributed by atoms with Gasteiger partial charge in [-0.3, -0.25) is 0 Å². The van der Waals surface area contributed by atoms with Crippen LogP contribution in [-0.4, -0.2) is 26.7 Å². The fourth-order valence-electron chi connectivity index (χ4n) is 1.69. The molecule has 0 aliphatic carbocycles. The standard InChI is InChI=1S/C13H22N2/c1-4-12-7-6-8-13(11-12)15(5-2)10-9-14-3/h6-8,11,14H,4-5,9-10H2,1-3H3. The van der Waals surface area contributed by atoms with Crippen molar-refractivity contribution >= 4 is 5.69 Å². The lowest BCUT2D eigenvalue weighted by molar-refractivity contribution is 0.736. The zero-order chi connectivity index (χ0) is 11.1. The Morgan fingerprint density at radius 3 is 2.67 bits per heavy atom. The van der Waals surface area contributed by atoms with Gasteiger partial charge in [0.2, 0.25) is 0 Å². The van der Waals surface area contributed by atoms with Crippen molar-refractivity contribution < 1.29 is 0 Å². The molecule has 0 saturated carbocycles. The molecule has 0 saturated heterocycles. The van der Waals surface area contributed by atoms with E-state index in [0.717, 1.165) is 26.1 Å². The van der Waals surface area contributed by atoms with Crippen molar-refractivity contribution in [1.82, 2.24) is 5.32 Å². The number of nitrogens with zero attached hydrogens (tertiary/aromatic N) is 1. The van der Waals surface area contributed by atoms with Gasteiger partial charge in [0, 0.05) is 25.3 Å². The van der Waals surface area contributed by atoms with E-state index in [0.29, 0.717) is 0 Å². The first-order valence-electron chi connectivity index (χ1n) is 5.80. The molecule has 1 rings (SSSR count). The van der Waals surface area contributed by atoms with E-state index in [-0.39, 0.29) is 0 Å². The Morgan fingerprint density at radius 2 is 2.07 bits per heavy atom. The number of anilines is 1. The third-order valence-corrected chi connectivity index (χ3v) is 2.70. The van der Waals surface area contributed by atoms with Gasteiger partial charge in [-0.25, -0.2) is 0 Å². The normalized spacial score (nSPS) is 10.3. The van der Waals surface area contributed by atoms with Crippen molar-refractivity contribution in [1.29, 1.82) is 0 Å². The highest BCUT2D eigenvalue weighted by atomic mass is 15.1. The number of hydrogen-bond donors (Lipinski definition) is 1. The summed E-state index contributed by atoms with van der Waals surface area (Å²) < 4.78 is 0. The molecule has 0 radical (unpaired) electrons. The number of likely N-dealkylation sites (N-methyl/N-ethyl adjacent to an activating group) is 2. The number of nitrogens with one attached hydrogen (secondary N) is 1. The second-order valence-corrected chi connectivity index (χ2v) is 3.71. The Morgan fingerprint density at radius 1 is 1.27 bits per heavy atom. The minimum absolute atomic E-state index is 1.03. The zero-order valence-corrected chi connectivity index (χ0v) is 10.1. The smallest absolute Gasteiger partial charge is 0.0369 e. The molecule has 1 aromatic carbocycles. The molecule has 0 amide bonds. The molecule has 1 aromatic rings. The first-order valence-corrected chi connectivity index (χ1v) is 5.80. The number of rotatable bonds is 6. The average Bonchev–Trinajstić information content (AvgIpc) is 2.30. The molecule has 2 heteroatoms. The summed E-state index contributed by atoms with van der Waals surface area (Å²) in [4.78, 5) is 2.40. The lowest BCUT2D eigenvalue weighted by atomic mass is 10.1. The molecule has 1 N–H and O–H groups in total. The number of benzene rings is 1. The molecule has 0 unspecified atom stereocenters. The van der Waals surface area contributed by atoms with Crippen LogP contribution in [0.5, 0.6) is 0 Å². The van der Waals surface area contributed by atoms with Crippen molar-refractivity contribution in [2.45, 2.75) is 20.3 Å². The summed E-state index contributed by atoms with van der Waals surface area (Å²) in [5.74, 6) is 0. The van der Waals surface area contributed by atoms with E-state index in [1.807, 2.05) is 7.05 Å². The molecule has 0 aliphatic heterocycles. The van der Waals surface area contributed by atoms with Crippen molar-refractivity contribution in [3.05, 3.63) is 29.8 Å². The summed E-state index contributed by atoms with van der Waals surface area (Å²) in [6, 6.07) is 8.82. The van der Waals surface area contributed by atoms with Crippen LogP contribution < -0.4 is 10.2 Å². The van der Waals surface area contributed by atoms with Crippen LogP contribution in [0.1, 0.15) is 19.4 Å². The fourth-order valence-corrected chi connectivity index (χ4v) is 1.69. The van der Waals surface area contributed by atoms with Crippen LogP contribution in [0.4, 0.5) is 5.69 Å². The summed E-state index contributed by atoms with van der Waals surface area (Å²) in [5.41, 5.74) is 2.75. The molecule has 84 valence electrons. The van der Waals surface area contributed by atoms with Gasteiger partial charge in [0.1, 0.15) is 0 Å². The van der Waals surface area contributed by atoms with Crippen LogP contribution in [0.25, 0.3) is 0 Å². The van der Waals surface area contributed by atoms with Crippen LogP contribution in [-0.2, 0) is 6.42 Å². The van der Waals surface area contributed by atoms with Gasteiger partial charge in [0.05, 0.1) is 0 Å². The number of aryl methyl sites for hydroxylation is 1. The molecule has 2 nitrogen and oxygen atoms in total. The molecular formula is C13H22N2. The Balaban J connectivity index is 2.72. The van der Waals surface area contributed by atoms with E-state index in [1.165, 1.54) is 11.3 Å². The van der Waals surface area contributed by atoms with Gasteiger partial charge in [0.15, 0.2) is 0 Å². The SMILES string of the molecule is CCc1cccc(N(CC)CCNC)c1. The van der Waals surface area contributed by atoms with E-state index in [1.54, 1.807) is 0 Å². The third-order valence-electron chi connectivity index (χ3n) is 2.70. The van der Waals surface area contributed by atoms with Gasteiger partial charge < -0.3 is 10.2 Å². The Bertz CT molecular complexity index is 284. The average molecular weight is 206 g/mol. The molecule has 0 atom stereocenters. The Hall–Kier alpha value is -1.02. The Labute approximate surface area is 93.3 Å². The van der Waals surface area contributed by atoms with Crippen molar-refractivity contribution in [3.8, 4) is 0 Å². The lowest BCUT2D eigenvalue weighted by Gasteiger charge is -2.23. The van der Waals surface area contributed by atoms with Crippen molar-refractivity contribution in [2.75, 3.05) is 31.6 Å². The topological polar surface area (TPSA) is 15.3 Å². The minimum Gasteiger partial charge on any atom is -0.371 e. The van der Waals surface area contributed by atoms with Crippen LogP contribution in [0.3, 0.4) is 0 Å². The van der Waals surface area contributed by atoms with Gasteiger partial charge in [-0.2, -0.15) is 0 Å². The minimum atomic E-state index is 1.03. The van der Waals surface area contributed by atoms with Crippen LogP contribution >= 0.6 is 0 Å². The van der Waals surface area contributed by atoms with E-state index in [4.69, 9.17) is 0 Å². The summed E-state index contributed by atoms with van der Waals surface area (Å²) in [5, 5.41) is 3.19. The van der Waals surface area contributed by atoms with Gasteiger partial charge in [-0.05, 0) is 38.1 Å². The molecule has 0 aliphatic rings. The quantitative estimate of drug-likeness (QED) is 0.768. The van der Waals surface area contributed by atoms with Crippen LogP contribution in [0.2, 0.25) is 0 Å². The van der Waals surface area contributed by atoms with E-state index >= 15 is 0 Å². The van der Waals surface area contributed by atoms with E-state index < -0.39 is 0 Å². The van der Waals surface area contributed by atoms with Crippen LogP contribution in [0.15, 0.2) is 24.3 Å². The van der Waals surface area contributed by atoms with E-state index in [2.05, 4.69) is 48.3 Å². The van der Waals surface area contributed by atoms with Gasteiger partial charge in [-0.1, -0.05) is 19.1 Å². The Kier molecular flexibility index (Phi) is 5.19. The molecule has 15 heavy (non-hydrogen) atoms. The molecule has 0 bridgehead atoms. The third kappa shape index (κ3) is 3.56. The summed E-state index contributed by atoms with van der Waals surface area (Å²) in [6.45, 7) is 7.57. The maximum atomic E-state index is 3.19. The van der Waals surface area contributed by atoms with Gasteiger partial charge in [0.25, 0.3) is 0 Å². The predicted octanol–water partition coefficient (Wildman–Crippen LogP) is 2.29. The molecule has 0 aromatic heterocycles. The summed E-state index contributed by atoms with van der Waals surface area (Å²) in [6.07, 6.45) is 1.11. The fraction of sp³-hybridized carbons (Fsp3) is 0.538. The maximum Gasteiger partial charge on any atom is 0.0369 e. The van der Waals surface area contributed by atoms with Crippen molar-refractivity contribution in [2.24, 2.45) is 0 Å². The largest absolute Gasteiger partial charge is 0.371 e. The highest BCUT2D eigenvalue weighted by Gasteiger charge is 2.03. The first kappa shape index (κ1) is 12.1. The van der Waals surface area contributed by atoms with E-state index in [9.17, 15) is 0 Å². The first-order chi connectivity index (χ1) is 7.31. The highest BCUT2D eigenvalue weighted by molar-refractivity contribution is 5.48. The second-order valence-electron chi connectivity index (χ2n) is 3.71. The monoisotopic (exact) mass is 206 g/mol. The van der Waals surface area contributed by atoms with Gasteiger partial charge in [-0.15, -0.1) is 0 Å². The molecule has 0 spiro atoms. The van der Waals surface area contributed by atoms with Gasteiger partial charge >= 0.3 is 0 Å². The maximum absolute atomic E-state index is 3.19. The van der Waals surface area contributed by atoms with Crippen molar-refractivity contribution in [3.63, 3.8) is 0 Å². The predicted molar refractivity (Wildman–Crippen MR) is 67.6 cm³/mol. The molecule has 0 fully saturated rings. The lowest BCUT2D eigenvalue weighted by Crippen LogP contribution is -2.30.